The minimum absolute atomic E-state index is 0.181. The minimum atomic E-state index is -0.181. The summed E-state index contributed by atoms with van der Waals surface area (Å²) in [5.41, 5.74) is 1.61. The molecule has 0 aliphatic heterocycles. The van der Waals surface area contributed by atoms with Crippen molar-refractivity contribution in [3.8, 4) is 5.75 Å². The molecule has 2 amide bonds. The first-order chi connectivity index (χ1) is 13.0. The van der Waals surface area contributed by atoms with Crippen molar-refractivity contribution < 1.29 is 9.53 Å². The number of nitrogens with one attached hydrogen (secondary N) is 1. The van der Waals surface area contributed by atoms with Gasteiger partial charge in [0.2, 0.25) is 0 Å². The van der Waals surface area contributed by atoms with Crippen LogP contribution >= 0.6 is 11.6 Å². The van der Waals surface area contributed by atoms with Crippen LogP contribution in [0.1, 0.15) is 18.9 Å². The molecule has 0 bridgehead atoms. The summed E-state index contributed by atoms with van der Waals surface area (Å²) in [5, 5.41) is 3.40. The van der Waals surface area contributed by atoms with Crippen molar-refractivity contribution >= 4 is 23.3 Å². The smallest absolute Gasteiger partial charge is 0.322 e. The van der Waals surface area contributed by atoms with E-state index in [1.165, 1.54) is 0 Å². The number of nitrogens with zero attached hydrogens (tertiary/aromatic N) is 3. The number of hydrogen-bond acceptors (Lipinski definition) is 4. The fourth-order valence-electron chi connectivity index (χ4n) is 2.40. The molecule has 0 saturated heterocycles. The van der Waals surface area contributed by atoms with Crippen LogP contribution in [0.25, 0.3) is 0 Å². The van der Waals surface area contributed by atoms with Crippen LogP contribution in [-0.2, 0) is 6.54 Å². The van der Waals surface area contributed by atoms with Gasteiger partial charge < -0.3 is 19.9 Å². The summed E-state index contributed by atoms with van der Waals surface area (Å²) < 4.78 is 5.57. The Kier molecular flexibility index (Phi) is 8.36. The van der Waals surface area contributed by atoms with Gasteiger partial charge >= 0.3 is 6.03 Å². The molecular weight excluding hydrogens is 364 g/mol. The lowest BCUT2D eigenvalue weighted by Gasteiger charge is -2.25. The molecule has 6 nitrogen and oxygen atoms in total. The third-order valence-electron chi connectivity index (χ3n) is 3.85. The van der Waals surface area contributed by atoms with Gasteiger partial charge in [-0.1, -0.05) is 24.6 Å². The third kappa shape index (κ3) is 7.07. The fraction of sp³-hybridized carbons (Fsp3) is 0.400. The fourth-order valence-corrected chi connectivity index (χ4v) is 2.63. The van der Waals surface area contributed by atoms with E-state index in [0.717, 1.165) is 18.5 Å². The largest absolute Gasteiger partial charge is 0.492 e. The van der Waals surface area contributed by atoms with Crippen molar-refractivity contribution in [3.05, 3.63) is 53.3 Å². The molecule has 1 aromatic heterocycles. The number of rotatable bonds is 9. The van der Waals surface area contributed by atoms with Crippen molar-refractivity contribution in [1.29, 1.82) is 0 Å². The van der Waals surface area contributed by atoms with Crippen molar-refractivity contribution in [2.24, 2.45) is 0 Å². The average Bonchev–Trinajstić information content (AvgIpc) is 2.65. The lowest BCUT2D eigenvalue weighted by molar-refractivity contribution is 0.202. The van der Waals surface area contributed by atoms with Gasteiger partial charge in [-0.15, -0.1) is 0 Å². The molecule has 0 spiro atoms. The quantitative estimate of drug-likeness (QED) is 0.699. The van der Waals surface area contributed by atoms with Crippen LogP contribution in [0.2, 0.25) is 5.02 Å². The van der Waals surface area contributed by atoms with Gasteiger partial charge in [-0.05, 0) is 50.3 Å². The summed E-state index contributed by atoms with van der Waals surface area (Å²) in [6, 6.07) is 8.92. The Morgan fingerprint density at radius 2 is 2.07 bits per heavy atom. The highest BCUT2D eigenvalue weighted by Gasteiger charge is 2.15. The Morgan fingerprint density at radius 3 is 2.70 bits per heavy atom. The molecule has 1 heterocycles. The van der Waals surface area contributed by atoms with E-state index in [1.54, 1.807) is 35.5 Å². The molecule has 0 unspecified atom stereocenters. The number of carbonyl (C=O) groups is 1. The summed E-state index contributed by atoms with van der Waals surface area (Å²) in [5.74, 6) is 0.622. The van der Waals surface area contributed by atoms with Crippen LogP contribution in [0.15, 0.2) is 42.7 Å². The molecule has 27 heavy (non-hydrogen) atoms. The maximum atomic E-state index is 12.8. The molecule has 0 atom stereocenters. The van der Waals surface area contributed by atoms with E-state index < -0.39 is 0 Å². The van der Waals surface area contributed by atoms with Gasteiger partial charge in [-0.3, -0.25) is 4.98 Å². The first kappa shape index (κ1) is 21.0. The van der Waals surface area contributed by atoms with E-state index in [0.29, 0.717) is 36.2 Å². The predicted molar refractivity (Wildman–Crippen MR) is 109 cm³/mol. The number of halogens is 1. The monoisotopic (exact) mass is 390 g/mol. The topological polar surface area (TPSA) is 57.7 Å². The number of benzene rings is 1. The van der Waals surface area contributed by atoms with Gasteiger partial charge in [0, 0.05) is 37.7 Å². The van der Waals surface area contributed by atoms with E-state index in [4.69, 9.17) is 16.3 Å². The summed E-state index contributed by atoms with van der Waals surface area (Å²) in [6.45, 7) is 4.48. The van der Waals surface area contributed by atoms with E-state index in [2.05, 4.69) is 10.3 Å². The summed E-state index contributed by atoms with van der Waals surface area (Å²) in [6.07, 6.45) is 4.40. The predicted octanol–water partition coefficient (Wildman–Crippen LogP) is 4.12. The lowest BCUT2D eigenvalue weighted by atomic mass is 10.2. The van der Waals surface area contributed by atoms with Crippen molar-refractivity contribution in [3.63, 3.8) is 0 Å². The Balaban J connectivity index is 2.06. The van der Waals surface area contributed by atoms with E-state index in [9.17, 15) is 4.79 Å². The number of amides is 2. The van der Waals surface area contributed by atoms with Crippen LogP contribution in [0.5, 0.6) is 5.75 Å². The maximum Gasteiger partial charge on any atom is 0.322 e. The second-order valence-corrected chi connectivity index (χ2v) is 6.92. The number of urea groups is 1. The van der Waals surface area contributed by atoms with Gasteiger partial charge in [-0.25, -0.2) is 4.79 Å². The molecule has 0 aliphatic rings. The van der Waals surface area contributed by atoms with Crippen molar-refractivity contribution in [1.82, 2.24) is 14.8 Å². The first-order valence-corrected chi connectivity index (χ1v) is 9.39. The molecule has 7 heteroatoms. The molecular formula is C20H27ClN4O2. The van der Waals surface area contributed by atoms with Crippen LogP contribution in [-0.4, -0.2) is 54.6 Å². The number of carbonyl (C=O) groups excluding carboxylic acids is 1. The molecule has 2 aromatic rings. The van der Waals surface area contributed by atoms with Gasteiger partial charge in [0.15, 0.2) is 0 Å². The molecule has 1 N–H and O–H groups in total. The Morgan fingerprint density at radius 1 is 1.26 bits per heavy atom. The average molecular weight is 391 g/mol. The number of anilines is 1. The minimum Gasteiger partial charge on any atom is -0.492 e. The summed E-state index contributed by atoms with van der Waals surface area (Å²) >= 11 is 6.26. The zero-order valence-electron chi connectivity index (χ0n) is 16.1. The second-order valence-electron chi connectivity index (χ2n) is 6.51. The Hall–Kier alpha value is -2.31. The lowest BCUT2D eigenvalue weighted by Crippen LogP contribution is -2.39. The van der Waals surface area contributed by atoms with Crippen LogP contribution in [0, 0.1) is 0 Å². The van der Waals surface area contributed by atoms with E-state index in [1.807, 2.05) is 38.1 Å². The van der Waals surface area contributed by atoms with Crippen molar-refractivity contribution in [2.45, 2.75) is 19.9 Å². The van der Waals surface area contributed by atoms with Crippen LogP contribution < -0.4 is 10.1 Å². The normalized spacial score (nSPS) is 10.7. The molecule has 0 saturated carbocycles. The van der Waals surface area contributed by atoms with Crippen molar-refractivity contribution in [2.75, 3.05) is 39.1 Å². The number of aromatic nitrogens is 1. The highest BCUT2D eigenvalue weighted by atomic mass is 35.5. The maximum absolute atomic E-state index is 12.8. The molecule has 146 valence electrons. The van der Waals surface area contributed by atoms with E-state index >= 15 is 0 Å². The zero-order valence-corrected chi connectivity index (χ0v) is 16.9. The zero-order chi connectivity index (χ0) is 19.6. The van der Waals surface area contributed by atoms with Gasteiger partial charge in [-0.2, -0.15) is 0 Å². The summed E-state index contributed by atoms with van der Waals surface area (Å²) in [7, 11) is 3.96. The Labute approximate surface area is 166 Å². The number of ether oxygens (including phenoxy) is 1. The van der Waals surface area contributed by atoms with Gasteiger partial charge in [0.1, 0.15) is 5.75 Å². The molecule has 0 aliphatic carbocycles. The Bertz CT molecular complexity index is 725. The van der Waals surface area contributed by atoms with Gasteiger partial charge in [0.25, 0.3) is 0 Å². The number of hydrogen-bond donors (Lipinski definition) is 1. The highest BCUT2D eigenvalue weighted by Crippen LogP contribution is 2.28. The molecule has 2 rings (SSSR count). The molecule has 0 radical (unpaired) electrons. The number of likely N-dealkylation sites (N-methyl/N-ethyl adjacent to an activating group) is 1. The SMILES string of the molecule is CCCOc1ccc(NC(=O)N(CCN(C)C)Cc2cccnc2)cc1Cl. The molecule has 1 aromatic carbocycles. The summed E-state index contributed by atoms with van der Waals surface area (Å²) in [4.78, 5) is 20.7. The van der Waals surface area contributed by atoms with Crippen LogP contribution in [0.4, 0.5) is 10.5 Å². The second kappa shape index (κ2) is 10.7. The molecule has 0 fully saturated rings. The van der Waals surface area contributed by atoms with Crippen LogP contribution in [0.3, 0.4) is 0 Å². The third-order valence-corrected chi connectivity index (χ3v) is 4.14. The van der Waals surface area contributed by atoms with Gasteiger partial charge in [0.05, 0.1) is 11.6 Å². The highest BCUT2D eigenvalue weighted by molar-refractivity contribution is 6.32. The first-order valence-electron chi connectivity index (χ1n) is 9.01. The number of pyridine rings is 1. The standard InChI is InChI=1S/C20H27ClN4O2/c1-4-12-27-19-8-7-17(13-18(19)21)23-20(26)25(11-10-24(2)3)15-16-6-5-9-22-14-16/h5-9,13-14H,4,10-12,15H2,1-3H3,(H,23,26). The van der Waals surface area contributed by atoms with E-state index in [-0.39, 0.29) is 6.03 Å².